The zero-order valence-corrected chi connectivity index (χ0v) is 15.5. The molecule has 1 fully saturated rings. The van der Waals surface area contributed by atoms with E-state index in [-0.39, 0.29) is 11.5 Å². The Kier molecular flexibility index (Phi) is 4.36. The molecule has 7 heteroatoms. The fourth-order valence-corrected chi connectivity index (χ4v) is 5.34. The highest BCUT2D eigenvalue weighted by molar-refractivity contribution is 7.99. The number of thioether (sulfide) groups is 1. The zero-order chi connectivity index (χ0) is 16.1. The van der Waals surface area contributed by atoms with Gasteiger partial charge in [-0.2, -0.15) is 0 Å². The van der Waals surface area contributed by atoms with Gasteiger partial charge in [-0.1, -0.05) is 17.8 Å². The molecule has 0 bridgehead atoms. The van der Waals surface area contributed by atoms with Gasteiger partial charge in [0.05, 0.1) is 5.39 Å². The van der Waals surface area contributed by atoms with Crippen molar-refractivity contribution in [1.29, 1.82) is 0 Å². The molecule has 2 aromatic rings. The lowest BCUT2D eigenvalue weighted by molar-refractivity contribution is 0.671. The van der Waals surface area contributed by atoms with E-state index in [1.807, 2.05) is 13.8 Å². The van der Waals surface area contributed by atoms with Crippen molar-refractivity contribution >= 4 is 56.5 Å². The molecule has 3 rings (SSSR count). The monoisotopic (exact) mass is 374 g/mol. The Morgan fingerprint density at radius 1 is 1.55 bits per heavy atom. The Morgan fingerprint density at radius 3 is 2.82 bits per heavy atom. The number of nitrogens with zero attached hydrogens (tertiary/aromatic N) is 2. The molecule has 0 spiro atoms. The first kappa shape index (κ1) is 16.4. The highest BCUT2D eigenvalue weighted by atomic mass is 35.5. The molecule has 1 atom stereocenters. The van der Waals surface area contributed by atoms with E-state index in [2.05, 4.69) is 6.58 Å². The molecule has 0 radical (unpaired) electrons. The molecular formula is C15H16Cl2N2OS2. The molecule has 2 aromatic heterocycles. The van der Waals surface area contributed by atoms with Crippen molar-refractivity contribution in [2.24, 2.45) is 5.92 Å². The summed E-state index contributed by atoms with van der Waals surface area (Å²) in [5.41, 5.74) is 1.03. The maximum Gasteiger partial charge on any atom is 0.263 e. The van der Waals surface area contributed by atoms with E-state index in [0.29, 0.717) is 6.54 Å². The Bertz CT molecular complexity index is 810. The van der Waals surface area contributed by atoms with Gasteiger partial charge >= 0.3 is 0 Å². The first-order chi connectivity index (χ1) is 10.3. The summed E-state index contributed by atoms with van der Waals surface area (Å²) in [6.07, 6.45) is 2.52. The maximum atomic E-state index is 12.8. The quantitative estimate of drug-likeness (QED) is 0.333. The number of aromatic nitrogens is 2. The molecule has 0 unspecified atom stereocenters. The van der Waals surface area contributed by atoms with Gasteiger partial charge in [0.2, 0.25) is 0 Å². The number of halogens is 2. The minimum atomic E-state index is -0.600. The second-order valence-corrected chi connectivity index (χ2v) is 9.27. The van der Waals surface area contributed by atoms with Crippen LogP contribution < -0.4 is 5.56 Å². The van der Waals surface area contributed by atoms with Gasteiger partial charge in [-0.3, -0.25) is 9.36 Å². The number of hydrogen-bond donors (Lipinski definition) is 0. The van der Waals surface area contributed by atoms with Crippen LogP contribution >= 0.6 is 46.3 Å². The van der Waals surface area contributed by atoms with Gasteiger partial charge in [-0.15, -0.1) is 41.1 Å². The number of hydrogen-bond acceptors (Lipinski definition) is 4. The van der Waals surface area contributed by atoms with Crippen LogP contribution in [0.2, 0.25) is 0 Å². The number of fused-ring (bicyclic) bond motifs is 1. The first-order valence-corrected chi connectivity index (χ1v) is 9.53. The average molecular weight is 375 g/mol. The Balaban J connectivity index is 2.02. The minimum Gasteiger partial charge on any atom is -0.283 e. The fraction of sp³-hybridized carbons (Fsp3) is 0.467. The summed E-state index contributed by atoms with van der Waals surface area (Å²) in [6.45, 7) is 8.19. The second-order valence-electron chi connectivity index (χ2n) is 5.54. The molecule has 118 valence electrons. The predicted molar refractivity (Wildman–Crippen MR) is 96.8 cm³/mol. The van der Waals surface area contributed by atoms with Gasteiger partial charge in [0.1, 0.15) is 9.16 Å². The van der Waals surface area contributed by atoms with Crippen LogP contribution in [0.4, 0.5) is 0 Å². The molecule has 2 heterocycles. The third-order valence-electron chi connectivity index (χ3n) is 3.93. The SMILES string of the molecule is C=CCn1c(SC[C@@H]2CC2(Cl)Cl)nc2sc(C)c(C)c2c1=O. The van der Waals surface area contributed by atoms with Crippen molar-refractivity contribution < 1.29 is 0 Å². The molecule has 0 N–H and O–H groups in total. The minimum absolute atomic E-state index is 0.00746. The van der Waals surface area contributed by atoms with Crippen LogP contribution in [0.25, 0.3) is 10.2 Å². The number of allylic oxidation sites excluding steroid dienone is 1. The van der Waals surface area contributed by atoms with Gasteiger partial charge in [0, 0.05) is 23.1 Å². The van der Waals surface area contributed by atoms with Crippen LogP contribution in [0.1, 0.15) is 16.9 Å². The largest absolute Gasteiger partial charge is 0.283 e. The predicted octanol–water partition coefficient (Wildman–Crippen LogP) is 4.55. The number of thiophene rings is 1. The van der Waals surface area contributed by atoms with E-state index in [9.17, 15) is 4.79 Å². The van der Waals surface area contributed by atoms with Crippen LogP contribution in [-0.4, -0.2) is 19.6 Å². The van der Waals surface area contributed by atoms with Crippen molar-refractivity contribution in [3.8, 4) is 0 Å². The average Bonchev–Trinajstić information content (AvgIpc) is 2.96. The van der Waals surface area contributed by atoms with Gasteiger partial charge < -0.3 is 0 Å². The van der Waals surface area contributed by atoms with E-state index in [4.69, 9.17) is 28.2 Å². The first-order valence-electron chi connectivity index (χ1n) is 6.97. The standard InChI is InChI=1S/C15H16Cl2N2OS2/c1-4-5-19-13(20)11-8(2)9(3)22-12(11)18-14(19)21-7-10-6-15(10,16)17/h4,10H,1,5-7H2,2-3H3/t10-/m0/s1. The van der Waals surface area contributed by atoms with Crippen LogP contribution in [0, 0.1) is 19.8 Å². The van der Waals surface area contributed by atoms with E-state index < -0.39 is 4.33 Å². The lowest BCUT2D eigenvalue weighted by atomic mass is 10.2. The molecule has 3 nitrogen and oxygen atoms in total. The van der Waals surface area contributed by atoms with Crippen LogP contribution in [0.3, 0.4) is 0 Å². The summed E-state index contributed by atoms with van der Waals surface area (Å²) in [5.74, 6) is 1.03. The molecule has 1 aliphatic rings. The summed E-state index contributed by atoms with van der Waals surface area (Å²) >= 11 is 15.3. The van der Waals surface area contributed by atoms with Crippen molar-refractivity contribution in [1.82, 2.24) is 9.55 Å². The zero-order valence-electron chi connectivity index (χ0n) is 12.4. The number of alkyl halides is 2. The summed E-state index contributed by atoms with van der Waals surface area (Å²) in [5, 5.41) is 1.44. The van der Waals surface area contributed by atoms with Gasteiger partial charge in [0.15, 0.2) is 5.16 Å². The van der Waals surface area contributed by atoms with Crippen LogP contribution in [0.15, 0.2) is 22.6 Å². The summed E-state index contributed by atoms with van der Waals surface area (Å²) < 4.78 is 1.09. The summed E-state index contributed by atoms with van der Waals surface area (Å²) in [4.78, 5) is 19.4. The molecule has 22 heavy (non-hydrogen) atoms. The van der Waals surface area contributed by atoms with Crippen molar-refractivity contribution in [2.45, 2.75) is 36.3 Å². The van der Waals surface area contributed by atoms with E-state index in [1.54, 1.807) is 33.7 Å². The fourth-order valence-electron chi connectivity index (χ4n) is 2.33. The third kappa shape index (κ3) is 2.84. The number of rotatable bonds is 5. The van der Waals surface area contributed by atoms with Crippen molar-refractivity contribution in [2.75, 3.05) is 5.75 Å². The van der Waals surface area contributed by atoms with Crippen LogP contribution in [0.5, 0.6) is 0 Å². The normalized spacial score (nSPS) is 19.5. The topological polar surface area (TPSA) is 34.9 Å². The summed E-state index contributed by atoms with van der Waals surface area (Å²) in [6, 6.07) is 0. The third-order valence-corrected chi connectivity index (χ3v) is 7.10. The Labute approximate surface area is 147 Å². The van der Waals surface area contributed by atoms with Crippen LogP contribution in [-0.2, 0) is 6.54 Å². The van der Waals surface area contributed by atoms with E-state index >= 15 is 0 Å². The Morgan fingerprint density at radius 2 is 2.23 bits per heavy atom. The smallest absolute Gasteiger partial charge is 0.263 e. The van der Waals surface area contributed by atoms with Crippen molar-refractivity contribution in [3.63, 3.8) is 0 Å². The Hall–Kier alpha value is -0.490. The van der Waals surface area contributed by atoms with E-state index in [1.165, 1.54) is 0 Å². The van der Waals surface area contributed by atoms with Gasteiger partial charge in [0.25, 0.3) is 5.56 Å². The second kappa shape index (κ2) is 5.86. The molecule has 1 saturated carbocycles. The van der Waals surface area contributed by atoms with E-state index in [0.717, 1.165) is 38.0 Å². The maximum absolute atomic E-state index is 12.8. The van der Waals surface area contributed by atoms with Gasteiger partial charge in [-0.05, 0) is 25.8 Å². The van der Waals surface area contributed by atoms with Crippen molar-refractivity contribution in [3.05, 3.63) is 33.4 Å². The lowest BCUT2D eigenvalue weighted by Crippen LogP contribution is -2.22. The molecule has 0 saturated heterocycles. The molecule has 0 aliphatic heterocycles. The highest BCUT2D eigenvalue weighted by Crippen LogP contribution is 2.54. The molecule has 1 aliphatic carbocycles. The lowest BCUT2D eigenvalue weighted by Gasteiger charge is -2.10. The molecule has 0 amide bonds. The number of aryl methyl sites for hydroxylation is 2. The highest BCUT2D eigenvalue weighted by Gasteiger charge is 2.51. The summed E-state index contributed by atoms with van der Waals surface area (Å²) in [7, 11) is 0. The molecule has 0 aromatic carbocycles. The van der Waals surface area contributed by atoms with Gasteiger partial charge in [-0.25, -0.2) is 4.98 Å². The molecular weight excluding hydrogens is 359 g/mol.